The van der Waals surface area contributed by atoms with Crippen LogP contribution in [0.15, 0.2) is 41.8 Å². The number of nitrogens with zero attached hydrogens (tertiary/aromatic N) is 2. The summed E-state index contributed by atoms with van der Waals surface area (Å²) in [5.74, 6) is 0.621. The zero-order chi connectivity index (χ0) is 22.7. The number of carbonyl (C=O) groups excluding carboxylic acids is 2. The van der Waals surface area contributed by atoms with Gasteiger partial charge < -0.3 is 15.1 Å². The molecule has 172 valence electrons. The molecule has 2 atom stereocenters. The molecule has 0 saturated carbocycles. The molecule has 1 N–H and O–H groups in total. The molecule has 2 amide bonds. The number of hydrogen-bond acceptors (Lipinski definition) is 4. The molecule has 5 nitrogen and oxygen atoms in total. The standard InChI is InChI=1S/C26H35N3O2S/c1-18(2)17-28-14-12-20(13-15-28)27-26(31)22-10-11-24(30)29(21-8-6-19(3)7-9-21)25(22)23-5-4-16-32-23/h4-9,16,18,20,22,25H,10-15,17H2,1-3H3,(H,27,31). The lowest BCUT2D eigenvalue weighted by Crippen LogP contribution is -2.51. The predicted molar refractivity (Wildman–Crippen MR) is 131 cm³/mol. The van der Waals surface area contributed by atoms with E-state index in [1.54, 1.807) is 11.3 Å². The fraction of sp³-hybridized carbons (Fsp3) is 0.538. The fourth-order valence-electron chi connectivity index (χ4n) is 5.05. The Labute approximate surface area is 195 Å². The summed E-state index contributed by atoms with van der Waals surface area (Å²) >= 11 is 1.63. The van der Waals surface area contributed by atoms with Gasteiger partial charge in [0.2, 0.25) is 11.8 Å². The highest BCUT2D eigenvalue weighted by Gasteiger charge is 2.42. The average Bonchev–Trinajstić information content (AvgIpc) is 3.30. The van der Waals surface area contributed by atoms with Crippen molar-refractivity contribution in [1.82, 2.24) is 10.2 Å². The zero-order valence-corrected chi connectivity index (χ0v) is 20.2. The van der Waals surface area contributed by atoms with Gasteiger partial charge in [-0.25, -0.2) is 0 Å². The topological polar surface area (TPSA) is 52.7 Å². The van der Waals surface area contributed by atoms with Gasteiger partial charge in [-0.2, -0.15) is 0 Å². The minimum absolute atomic E-state index is 0.0929. The van der Waals surface area contributed by atoms with Gasteiger partial charge >= 0.3 is 0 Å². The molecule has 2 aliphatic heterocycles. The van der Waals surface area contributed by atoms with Gasteiger partial charge in [0.1, 0.15) is 0 Å². The van der Waals surface area contributed by atoms with E-state index in [0.29, 0.717) is 18.8 Å². The normalized spacial score (nSPS) is 23.0. The number of anilines is 1. The Hall–Kier alpha value is -2.18. The number of hydrogen-bond donors (Lipinski definition) is 1. The highest BCUT2D eigenvalue weighted by molar-refractivity contribution is 7.10. The van der Waals surface area contributed by atoms with Crippen molar-refractivity contribution in [1.29, 1.82) is 0 Å². The molecule has 2 aromatic rings. The maximum absolute atomic E-state index is 13.5. The van der Waals surface area contributed by atoms with Gasteiger partial charge in [-0.1, -0.05) is 37.6 Å². The van der Waals surface area contributed by atoms with Crippen molar-refractivity contribution >= 4 is 28.8 Å². The van der Waals surface area contributed by atoms with Crippen molar-refractivity contribution in [2.45, 2.75) is 58.5 Å². The number of aryl methyl sites for hydroxylation is 1. The van der Waals surface area contributed by atoms with Crippen molar-refractivity contribution < 1.29 is 9.59 Å². The van der Waals surface area contributed by atoms with E-state index in [2.05, 4.69) is 30.1 Å². The van der Waals surface area contributed by atoms with E-state index in [-0.39, 0.29) is 29.8 Å². The molecule has 1 aromatic heterocycles. The Morgan fingerprint density at radius 1 is 1.12 bits per heavy atom. The Balaban J connectivity index is 1.51. The minimum Gasteiger partial charge on any atom is -0.353 e. The quantitative estimate of drug-likeness (QED) is 0.685. The third-order valence-corrected chi connectivity index (χ3v) is 7.58. The van der Waals surface area contributed by atoms with Crippen LogP contribution < -0.4 is 10.2 Å². The molecule has 0 aliphatic carbocycles. The van der Waals surface area contributed by atoms with Gasteiger partial charge in [-0.3, -0.25) is 9.59 Å². The lowest BCUT2D eigenvalue weighted by Gasteiger charge is -2.41. The van der Waals surface area contributed by atoms with Gasteiger partial charge in [0, 0.05) is 42.7 Å². The molecule has 0 spiro atoms. The lowest BCUT2D eigenvalue weighted by atomic mass is 9.85. The average molecular weight is 454 g/mol. The largest absolute Gasteiger partial charge is 0.353 e. The van der Waals surface area contributed by atoms with E-state index in [0.717, 1.165) is 48.6 Å². The predicted octanol–water partition coefficient (Wildman–Crippen LogP) is 4.78. The van der Waals surface area contributed by atoms with Crippen molar-refractivity contribution in [3.63, 3.8) is 0 Å². The number of likely N-dealkylation sites (tertiary alicyclic amines) is 1. The minimum atomic E-state index is -0.250. The summed E-state index contributed by atoms with van der Waals surface area (Å²) < 4.78 is 0. The summed E-state index contributed by atoms with van der Waals surface area (Å²) in [6.45, 7) is 9.75. The zero-order valence-electron chi connectivity index (χ0n) is 19.4. The van der Waals surface area contributed by atoms with Crippen LogP contribution in [0.4, 0.5) is 5.69 Å². The van der Waals surface area contributed by atoms with E-state index in [1.165, 1.54) is 0 Å². The Morgan fingerprint density at radius 2 is 1.84 bits per heavy atom. The van der Waals surface area contributed by atoms with E-state index in [4.69, 9.17) is 0 Å². The maximum Gasteiger partial charge on any atom is 0.227 e. The molecule has 1 aromatic carbocycles. The van der Waals surface area contributed by atoms with Gasteiger partial charge in [-0.15, -0.1) is 11.3 Å². The van der Waals surface area contributed by atoms with E-state index < -0.39 is 0 Å². The van der Waals surface area contributed by atoms with Crippen molar-refractivity contribution in [2.75, 3.05) is 24.5 Å². The molecule has 6 heteroatoms. The number of amides is 2. The molecular formula is C26H35N3O2S. The summed E-state index contributed by atoms with van der Waals surface area (Å²) in [7, 11) is 0. The van der Waals surface area contributed by atoms with Crippen LogP contribution in [0, 0.1) is 18.8 Å². The molecule has 2 saturated heterocycles. The highest BCUT2D eigenvalue weighted by Crippen LogP contribution is 2.41. The van der Waals surface area contributed by atoms with Crippen LogP contribution in [0.1, 0.15) is 56.0 Å². The highest BCUT2D eigenvalue weighted by atomic mass is 32.1. The molecule has 32 heavy (non-hydrogen) atoms. The van der Waals surface area contributed by atoms with Crippen molar-refractivity contribution in [2.24, 2.45) is 11.8 Å². The molecule has 2 fully saturated rings. The monoisotopic (exact) mass is 453 g/mol. The SMILES string of the molecule is Cc1ccc(N2C(=O)CCC(C(=O)NC3CCN(CC(C)C)CC3)C2c2cccs2)cc1. The third kappa shape index (κ3) is 5.24. The van der Waals surface area contributed by atoms with Gasteiger partial charge in [0.15, 0.2) is 0 Å². The first kappa shape index (κ1) is 23.0. The molecule has 2 aliphatic rings. The maximum atomic E-state index is 13.5. The van der Waals surface area contributed by atoms with Crippen LogP contribution in [-0.4, -0.2) is 42.4 Å². The van der Waals surface area contributed by atoms with Crippen LogP contribution in [-0.2, 0) is 9.59 Å². The molecule has 0 radical (unpaired) electrons. The number of piperidine rings is 2. The van der Waals surface area contributed by atoms with E-state index in [9.17, 15) is 9.59 Å². The van der Waals surface area contributed by atoms with E-state index >= 15 is 0 Å². The number of benzene rings is 1. The van der Waals surface area contributed by atoms with Gasteiger partial charge in [0.05, 0.1) is 12.0 Å². The summed E-state index contributed by atoms with van der Waals surface area (Å²) in [5, 5.41) is 5.38. The van der Waals surface area contributed by atoms with Gasteiger partial charge in [0.25, 0.3) is 0 Å². The van der Waals surface area contributed by atoms with Crippen LogP contribution >= 0.6 is 11.3 Å². The van der Waals surface area contributed by atoms with Crippen LogP contribution in [0.25, 0.3) is 0 Å². The number of nitrogens with one attached hydrogen (secondary N) is 1. The van der Waals surface area contributed by atoms with Crippen molar-refractivity contribution in [3.8, 4) is 0 Å². The summed E-state index contributed by atoms with van der Waals surface area (Å²) in [6, 6.07) is 12.1. The number of thiophene rings is 1. The summed E-state index contributed by atoms with van der Waals surface area (Å²) in [5.41, 5.74) is 2.03. The smallest absolute Gasteiger partial charge is 0.227 e. The number of carbonyl (C=O) groups is 2. The molecule has 3 heterocycles. The second-order valence-corrected chi connectivity index (χ2v) is 10.7. The Morgan fingerprint density at radius 3 is 2.47 bits per heavy atom. The van der Waals surface area contributed by atoms with Crippen molar-refractivity contribution in [3.05, 3.63) is 52.2 Å². The third-order valence-electron chi connectivity index (χ3n) is 6.64. The summed E-state index contributed by atoms with van der Waals surface area (Å²) in [4.78, 5) is 32.0. The second-order valence-electron chi connectivity index (χ2n) is 9.68. The van der Waals surface area contributed by atoms with Gasteiger partial charge in [-0.05, 0) is 55.7 Å². The van der Waals surface area contributed by atoms with Crippen LogP contribution in [0.5, 0.6) is 0 Å². The Bertz CT molecular complexity index is 902. The molecule has 0 bridgehead atoms. The molecule has 4 rings (SSSR count). The first-order valence-electron chi connectivity index (χ1n) is 11.9. The number of rotatable bonds is 6. The molecule has 2 unspecified atom stereocenters. The van der Waals surface area contributed by atoms with Crippen LogP contribution in [0.2, 0.25) is 0 Å². The summed E-state index contributed by atoms with van der Waals surface area (Å²) in [6.07, 6.45) is 2.99. The first-order valence-corrected chi connectivity index (χ1v) is 12.7. The lowest BCUT2D eigenvalue weighted by molar-refractivity contribution is -0.130. The first-order chi connectivity index (χ1) is 15.4. The fourth-order valence-corrected chi connectivity index (χ4v) is 5.93. The van der Waals surface area contributed by atoms with Crippen LogP contribution in [0.3, 0.4) is 0 Å². The molecular weight excluding hydrogens is 418 g/mol. The van der Waals surface area contributed by atoms with E-state index in [1.807, 2.05) is 47.5 Å². The Kier molecular flexibility index (Phi) is 7.31. The second kappa shape index (κ2) is 10.2.